The molecule has 0 bridgehead atoms. The number of aliphatic carboxylic acids is 1. The average Bonchev–Trinajstić information content (AvgIpc) is 2.63. The van der Waals surface area contributed by atoms with Crippen LogP contribution in [-0.4, -0.2) is 60.9 Å². The summed E-state index contributed by atoms with van der Waals surface area (Å²) in [7, 11) is 0. The van der Waals surface area contributed by atoms with Crippen molar-refractivity contribution in [1.29, 1.82) is 0 Å². The summed E-state index contributed by atoms with van der Waals surface area (Å²) < 4.78 is 0. The average molecular weight is 364 g/mol. The second-order valence-corrected chi connectivity index (χ2v) is 5.20. The molecule has 1 atom stereocenters. The van der Waals surface area contributed by atoms with Crippen molar-refractivity contribution in [1.82, 2.24) is 21.3 Å². The van der Waals surface area contributed by atoms with Crippen molar-refractivity contribution >= 4 is 30.1 Å². The zero-order chi connectivity index (χ0) is 19.4. The number of hydrogen-bond acceptors (Lipinski definition) is 5. The van der Waals surface area contributed by atoms with Gasteiger partial charge in [0.05, 0.1) is 13.1 Å². The number of hydrogen-bond donors (Lipinski definition) is 5. The van der Waals surface area contributed by atoms with Crippen molar-refractivity contribution in [2.24, 2.45) is 0 Å². The molecule has 140 valence electrons. The standard InChI is InChI=1S/C16H20N4O6/c21-10-17-7-13(22)18-8-14(23)20-12(16(26)19-9-15(24)25)6-11-4-2-1-3-5-11/h1-5,10,12H,6-9H2,(H,17,21)(H,18,22)(H,19,26)(H,20,23)(H,24,25)/t12-/m0/s1. The molecule has 1 aromatic carbocycles. The Kier molecular flexibility index (Phi) is 8.87. The molecule has 0 saturated heterocycles. The highest BCUT2D eigenvalue weighted by atomic mass is 16.4. The Balaban J connectivity index is 2.63. The molecule has 0 fully saturated rings. The first-order chi connectivity index (χ1) is 12.4. The van der Waals surface area contributed by atoms with Gasteiger partial charge < -0.3 is 26.4 Å². The van der Waals surface area contributed by atoms with Crippen LogP contribution in [0, 0.1) is 0 Å². The van der Waals surface area contributed by atoms with Crippen molar-refractivity contribution in [3.63, 3.8) is 0 Å². The highest BCUT2D eigenvalue weighted by molar-refractivity contribution is 5.91. The van der Waals surface area contributed by atoms with E-state index in [1.165, 1.54) is 0 Å². The number of amides is 4. The normalized spacial score (nSPS) is 10.9. The van der Waals surface area contributed by atoms with Crippen LogP contribution in [0.15, 0.2) is 30.3 Å². The summed E-state index contributed by atoms with van der Waals surface area (Å²) in [4.78, 5) is 56.1. The minimum absolute atomic E-state index is 0.151. The maximum absolute atomic E-state index is 12.1. The van der Waals surface area contributed by atoms with Crippen LogP contribution < -0.4 is 21.3 Å². The van der Waals surface area contributed by atoms with Crippen LogP contribution in [0.3, 0.4) is 0 Å². The summed E-state index contributed by atoms with van der Waals surface area (Å²) in [6.45, 7) is -1.24. The number of rotatable bonds is 11. The first-order valence-electron chi connectivity index (χ1n) is 7.69. The molecular formula is C16H20N4O6. The number of carbonyl (C=O) groups is 5. The second-order valence-electron chi connectivity index (χ2n) is 5.20. The smallest absolute Gasteiger partial charge is 0.322 e. The molecule has 10 nitrogen and oxygen atoms in total. The topological polar surface area (TPSA) is 154 Å². The van der Waals surface area contributed by atoms with Crippen LogP contribution >= 0.6 is 0 Å². The summed E-state index contributed by atoms with van der Waals surface area (Å²) in [6, 6.07) is 7.85. The molecular weight excluding hydrogens is 344 g/mol. The molecule has 0 unspecified atom stereocenters. The molecule has 0 aliphatic carbocycles. The highest BCUT2D eigenvalue weighted by Crippen LogP contribution is 2.03. The zero-order valence-electron chi connectivity index (χ0n) is 13.9. The minimum Gasteiger partial charge on any atom is -0.480 e. The Morgan fingerprint density at radius 2 is 1.65 bits per heavy atom. The van der Waals surface area contributed by atoms with E-state index in [1.54, 1.807) is 30.3 Å². The Hall–Kier alpha value is -3.43. The van der Waals surface area contributed by atoms with Gasteiger partial charge >= 0.3 is 5.97 Å². The summed E-state index contributed by atoms with van der Waals surface area (Å²) in [6.07, 6.45) is 0.501. The van der Waals surface area contributed by atoms with Gasteiger partial charge in [-0.15, -0.1) is 0 Å². The van der Waals surface area contributed by atoms with Crippen molar-refractivity contribution in [3.8, 4) is 0 Å². The fourth-order valence-corrected chi connectivity index (χ4v) is 1.97. The summed E-state index contributed by atoms with van der Waals surface area (Å²) in [5, 5.41) is 17.7. The summed E-state index contributed by atoms with van der Waals surface area (Å²) in [5.74, 6) is -3.06. The predicted molar refractivity (Wildman–Crippen MR) is 89.8 cm³/mol. The van der Waals surface area contributed by atoms with Crippen LogP contribution in [-0.2, 0) is 30.4 Å². The predicted octanol–water partition coefficient (Wildman–Crippen LogP) is -2.22. The van der Waals surface area contributed by atoms with Crippen LogP contribution in [0.25, 0.3) is 0 Å². The lowest BCUT2D eigenvalue weighted by Crippen LogP contribution is -2.51. The van der Waals surface area contributed by atoms with E-state index >= 15 is 0 Å². The van der Waals surface area contributed by atoms with Crippen LogP contribution in [0.2, 0.25) is 0 Å². The Morgan fingerprint density at radius 3 is 2.27 bits per heavy atom. The molecule has 0 aliphatic heterocycles. The van der Waals surface area contributed by atoms with Gasteiger partial charge in [0, 0.05) is 6.42 Å². The van der Waals surface area contributed by atoms with Gasteiger partial charge in [-0.2, -0.15) is 0 Å². The fraction of sp³-hybridized carbons (Fsp3) is 0.312. The third-order valence-electron chi connectivity index (χ3n) is 3.14. The molecule has 0 radical (unpaired) electrons. The third kappa shape index (κ3) is 8.43. The first-order valence-corrected chi connectivity index (χ1v) is 7.69. The fourth-order valence-electron chi connectivity index (χ4n) is 1.97. The molecule has 1 aromatic rings. The van der Waals surface area contributed by atoms with E-state index in [0.717, 1.165) is 5.56 Å². The molecule has 5 N–H and O–H groups in total. The van der Waals surface area contributed by atoms with Gasteiger partial charge in [0.15, 0.2) is 0 Å². The first kappa shape index (κ1) is 20.6. The molecule has 1 rings (SSSR count). The molecule has 0 spiro atoms. The third-order valence-corrected chi connectivity index (χ3v) is 3.14. The maximum Gasteiger partial charge on any atom is 0.322 e. The second kappa shape index (κ2) is 11.2. The van der Waals surface area contributed by atoms with Gasteiger partial charge in [0.2, 0.25) is 24.1 Å². The van der Waals surface area contributed by atoms with Crippen LogP contribution in [0.1, 0.15) is 5.56 Å². The van der Waals surface area contributed by atoms with Gasteiger partial charge in [-0.1, -0.05) is 30.3 Å². The molecule has 0 aromatic heterocycles. The monoisotopic (exact) mass is 364 g/mol. The number of carbonyl (C=O) groups excluding carboxylic acids is 4. The molecule has 4 amide bonds. The number of benzene rings is 1. The van der Waals surface area contributed by atoms with E-state index in [-0.39, 0.29) is 13.0 Å². The van der Waals surface area contributed by atoms with E-state index in [0.29, 0.717) is 6.41 Å². The number of carboxylic acids is 1. The van der Waals surface area contributed by atoms with Gasteiger partial charge in [-0.25, -0.2) is 0 Å². The van der Waals surface area contributed by atoms with Crippen molar-refractivity contribution in [2.45, 2.75) is 12.5 Å². The summed E-state index contributed by atoms with van der Waals surface area (Å²) in [5.41, 5.74) is 0.766. The van der Waals surface area contributed by atoms with E-state index in [2.05, 4.69) is 21.3 Å². The highest BCUT2D eigenvalue weighted by Gasteiger charge is 2.21. The van der Waals surface area contributed by atoms with E-state index < -0.39 is 42.8 Å². The minimum atomic E-state index is -1.21. The van der Waals surface area contributed by atoms with Gasteiger partial charge in [0.25, 0.3) is 0 Å². The molecule has 0 heterocycles. The largest absolute Gasteiger partial charge is 0.480 e. The van der Waals surface area contributed by atoms with Crippen LogP contribution in [0.4, 0.5) is 0 Å². The van der Waals surface area contributed by atoms with E-state index in [1.807, 2.05) is 0 Å². The van der Waals surface area contributed by atoms with Crippen LogP contribution in [0.5, 0.6) is 0 Å². The SMILES string of the molecule is O=CNCC(=O)NCC(=O)N[C@@H](Cc1ccccc1)C(=O)NCC(=O)O. The molecule has 26 heavy (non-hydrogen) atoms. The maximum atomic E-state index is 12.1. The molecule has 0 aliphatic rings. The van der Waals surface area contributed by atoms with E-state index in [4.69, 9.17) is 5.11 Å². The van der Waals surface area contributed by atoms with Gasteiger partial charge in [0.1, 0.15) is 12.6 Å². The number of nitrogens with one attached hydrogen (secondary N) is 4. The summed E-state index contributed by atoms with van der Waals surface area (Å²) >= 11 is 0. The van der Waals surface area contributed by atoms with Gasteiger partial charge in [-0.05, 0) is 5.56 Å². The lowest BCUT2D eigenvalue weighted by molar-refractivity contribution is -0.138. The number of carboxylic acid groups (broad SMARTS) is 1. The quantitative estimate of drug-likeness (QED) is 0.280. The Morgan fingerprint density at radius 1 is 0.962 bits per heavy atom. The molecule has 10 heteroatoms. The van der Waals surface area contributed by atoms with Crippen molar-refractivity contribution < 1.29 is 29.1 Å². The molecule has 0 saturated carbocycles. The lowest BCUT2D eigenvalue weighted by atomic mass is 10.1. The van der Waals surface area contributed by atoms with Crippen molar-refractivity contribution in [2.75, 3.05) is 19.6 Å². The van der Waals surface area contributed by atoms with Crippen molar-refractivity contribution in [3.05, 3.63) is 35.9 Å². The van der Waals surface area contributed by atoms with E-state index in [9.17, 15) is 24.0 Å². The zero-order valence-corrected chi connectivity index (χ0v) is 13.9. The lowest BCUT2D eigenvalue weighted by Gasteiger charge is -2.18. The Bertz CT molecular complexity index is 649. The Labute approximate surface area is 149 Å². The van der Waals surface area contributed by atoms with Gasteiger partial charge in [-0.3, -0.25) is 24.0 Å².